The van der Waals surface area contributed by atoms with Gasteiger partial charge in [0.25, 0.3) is 0 Å². The van der Waals surface area contributed by atoms with Gasteiger partial charge in [-0.05, 0) is 6.26 Å². The molecule has 1 aromatic rings. The number of rotatable bonds is 5. The van der Waals surface area contributed by atoms with Gasteiger partial charge in [-0.3, -0.25) is 9.59 Å². The van der Waals surface area contributed by atoms with E-state index in [4.69, 9.17) is 15.9 Å². The fraction of sp³-hybridized carbons (Fsp3) is 0.444. The summed E-state index contributed by atoms with van der Waals surface area (Å²) in [5.74, 6) is -1.30. The molecule has 96 valence electrons. The number of imidazole rings is 1. The molecule has 0 saturated heterocycles. The van der Waals surface area contributed by atoms with Crippen LogP contribution in [-0.2, 0) is 16.0 Å². The van der Waals surface area contributed by atoms with Gasteiger partial charge >= 0.3 is 11.9 Å². The molecule has 0 aliphatic heterocycles. The van der Waals surface area contributed by atoms with Gasteiger partial charge in [-0.15, -0.1) is 0 Å². The first-order chi connectivity index (χ1) is 7.97. The minimum Gasteiger partial charge on any atom is -0.481 e. The van der Waals surface area contributed by atoms with Gasteiger partial charge in [-0.1, -0.05) is 0 Å². The maximum absolute atomic E-state index is 10.0. The third kappa shape index (κ3) is 8.29. The van der Waals surface area contributed by atoms with Crippen molar-refractivity contribution in [1.82, 2.24) is 9.97 Å². The Balaban J connectivity index is 0.000000304. The molecule has 0 fully saturated rings. The van der Waals surface area contributed by atoms with Gasteiger partial charge in [-0.2, -0.15) is 11.8 Å². The Hall–Kier alpha value is -1.54. The molecule has 8 heteroatoms. The van der Waals surface area contributed by atoms with Crippen LogP contribution in [0.3, 0.4) is 0 Å². The number of nitrogens with one attached hydrogen (secondary N) is 1. The van der Waals surface area contributed by atoms with Gasteiger partial charge in [0.2, 0.25) is 0 Å². The van der Waals surface area contributed by atoms with Crippen LogP contribution in [0.5, 0.6) is 0 Å². The molecule has 1 aromatic heterocycles. The third-order valence-electron chi connectivity index (χ3n) is 1.56. The highest BCUT2D eigenvalue weighted by Gasteiger charge is 2.08. The maximum atomic E-state index is 10.0. The molecule has 0 aliphatic rings. The summed E-state index contributed by atoms with van der Waals surface area (Å²) >= 11 is 1.43. The lowest BCUT2D eigenvalue weighted by Crippen LogP contribution is -2.32. The highest BCUT2D eigenvalue weighted by molar-refractivity contribution is 7.98. The van der Waals surface area contributed by atoms with Crippen molar-refractivity contribution in [2.24, 2.45) is 5.73 Å². The lowest BCUT2D eigenvalue weighted by atomic mass is 10.3. The quantitative estimate of drug-likeness (QED) is 0.577. The van der Waals surface area contributed by atoms with E-state index in [2.05, 4.69) is 9.97 Å². The molecular weight excluding hydrogens is 246 g/mol. The number of aliphatic carboxylic acids is 2. The minimum absolute atomic E-state index is 0.0139. The van der Waals surface area contributed by atoms with Crippen molar-refractivity contribution in [3.05, 3.63) is 18.2 Å². The van der Waals surface area contributed by atoms with E-state index in [0.29, 0.717) is 11.4 Å². The zero-order valence-corrected chi connectivity index (χ0v) is 10.1. The summed E-state index contributed by atoms with van der Waals surface area (Å²) in [4.78, 5) is 26.3. The van der Waals surface area contributed by atoms with Crippen molar-refractivity contribution in [2.75, 3.05) is 12.0 Å². The zero-order valence-electron chi connectivity index (χ0n) is 9.29. The normalized spacial score (nSPS) is 11.2. The van der Waals surface area contributed by atoms with Crippen LogP contribution in [-0.4, -0.2) is 50.2 Å². The predicted molar refractivity (Wildman–Crippen MR) is 63.9 cm³/mol. The van der Waals surface area contributed by atoms with E-state index >= 15 is 0 Å². The van der Waals surface area contributed by atoms with Crippen LogP contribution in [0.15, 0.2) is 12.5 Å². The number of aromatic nitrogens is 2. The molecule has 1 atom stereocenters. The number of carboxylic acid groups (broad SMARTS) is 2. The van der Waals surface area contributed by atoms with Gasteiger partial charge in [0.15, 0.2) is 0 Å². The van der Waals surface area contributed by atoms with Gasteiger partial charge in [0.1, 0.15) is 6.04 Å². The number of carbonyl (C=O) groups is 2. The molecule has 0 aliphatic carbocycles. The maximum Gasteiger partial charge on any atom is 0.321 e. The van der Waals surface area contributed by atoms with Crippen LogP contribution in [0.4, 0.5) is 0 Å². The summed E-state index contributed by atoms with van der Waals surface area (Å²) in [6.07, 6.45) is 4.79. The lowest BCUT2D eigenvalue weighted by Gasteiger charge is -2.00. The van der Waals surface area contributed by atoms with Crippen LogP contribution >= 0.6 is 11.8 Å². The molecule has 1 rings (SSSR count). The van der Waals surface area contributed by atoms with Crippen molar-refractivity contribution in [3.8, 4) is 0 Å². The molecule has 0 spiro atoms. The van der Waals surface area contributed by atoms with Crippen molar-refractivity contribution in [2.45, 2.75) is 12.5 Å². The fourth-order valence-corrected chi connectivity index (χ4v) is 1.30. The minimum atomic E-state index is -0.931. The predicted octanol–water partition coefficient (Wildman–Crippen LogP) is -0.202. The number of hydrogen-bond acceptors (Lipinski definition) is 5. The summed E-state index contributed by atoms with van der Waals surface area (Å²) in [7, 11) is 0. The number of nitrogens with zero attached hydrogens (tertiary/aromatic N) is 1. The van der Waals surface area contributed by atoms with E-state index in [9.17, 15) is 9.59 Å². The van der Waals surface area contributed by atoms with Gasteiger partial charge in [-0.25, -0.2) is 4.98 Å². The second-order valence-electron chi connectivity index (χ2n) is 3.05. The number of hydrogen-bond donors (Lipinski definition) is 4. The number of aromatic amines is 1. The second-order valence-corrected chi connectivity index (χ2v) is 3.96. The lowest BCUT2D eigenvalue weighted by molar-refractivity contribution is -0.138. The molecule has 1 heterocycles. The van der Waals surface area contributed by atoms with Crippen LogP contribution in [0.25, 0.3) is 0 Å². The Labute approximate surface area is 102 Å². The standard InChI is InChI=1S/C5H6N2O2.C4H9NO2S/c8-5(9)1-4-2-6-3-7-4;1-8-2-3(5)4(6)7/h2-3H,1H2,(H,6,7)(H,8,9);3H,2,5H2,1H3,(H,6,7). The Morgan fingerprint density at radius 2 is 2.24 bits per heavy atom. The van der Waals surface area contributed by atoms with Crippen LogP contribution in [0, 0.1) is 0 Å². The molecule has 0 aromatic carbocycles. The highest BCUT2D eigenvalue weighted by atomic mass is 32.2. The number of thioether (sulfide) groups is 1. The average Bonchev–Trinajstić information content (AvgIpc) is 2.70. The molecule has 5 N–H and O–H groups in total. The summed E-state index contributed by atoms with van der Waals surface area (Å²) in [5.41, 5.74) is 5.73. The van der Waals surface area contributed by atoms with Crippen molar-refractivity contribution >= 4 is 23.7 Å². The molecule has 0 saturated carbocycles. The van der Waals surface area contributed by atoms with Crippen LogP contribution in [0.1, 0.15) is 5.69 Å². The largest absolute Gasteiger partial charge is 0.481 e. The van der Waals surface area contributed by atoms with Crippen molar-refractivity contribution in [3.63, 3.8) is 0 Å². The van der Waals surface area contributed by atoms with E-state index in [-0.39, 0.29) is 6.42 Å². The number of nitrogens with two attached hydrogens (primary N) is 1. The van der Waals surface area contributed by atoms with Crippen LogP contribution < -0.4 is 5.73 Å². The van der Waals surface area contributed by atoms with Gasteiger partial charge < -0.3 is 20.9 Å². The number of H-pyrrole nitrogens is 1. The first-order valence-corrected chi connectivity index (χ1v) is 6.03. The van der Waals surface area contributed by atoms with E-state index < -0.39 is 18.0 Å². The topological polar surface area (TPSA) is 129 Å². The first-order valence-electron chi connectivity index (χ1n) is 4.63. The average molecular weight is 261 g/mol. The molecule has 0 amide bonds. The van der Waals surface area contributed by atoms with Crippen molar-refractivity contribution in [1.29, 1.82) is 0 Å². The van der Waals surface area contributed by atoms with E-state index in [0.717, 1.165) is 0 Å². The van der Waals surface area contributed by atoms with E-state index in [1.165, 1.54) is 24.3 Å². The Kier molecular flexibility index (Phi) is 7.82. The summed E-state index contributed by atoms with van der Waals surface area (Å²) in [5, 5.41) is 16.4. The number of carboxylic acids is 2. The van der Waals surface area contributed by atoms with E-state index in [1.807, 2.05) is 6.26 Å². The fourth-order valence-electron chi connectivity index (χ4n) is 0.795. The molecule has 17 heavy (non-hydrogen) atoms. The molecule has 7 nitrogen and oxygen atoms in total. The monoisotopic (exact) mass is 261 g/mol. The SMILES string of the molecule is CSCC(N)C(=O)O.O=C(O)Cc1cnc[nH]1. The molecular formula is C9H15N3O4S. The second kappa shape index (κ2) is 8.59. The Morgan fingerprint density at radius 1 is 1.59 bits per heavy atom. The molecule has 1 unspecified atom stereocenters. The van der Waals surface area contributed by atoms with Crippen molar-refractivity contribution < 1.29 is 19.8 Å². The van der Waals surface area contributed by atoms with Crippen LogP contribution in [0.2, 0.25) is 0 Å². The highest BCUT2D eigenvalue weighted by Crippen LogP contribution is 1.93. The molecule has 0 bridgehead atoms. The third-order valence-corrected chi connectivity index (χ3v) is 2.25. The Morgan fingerprint density at radius 3 is 2.53 bits per heavy atom. The van der Waals surface area contributed by atoms with E-state index in [1.54, 1.807) is 0 Å². The van der Waals surface area contributed by atoms with Gasteiger partial charge in [0.05, 0.1) is 12.7 Å². The molecule has 0 radical (unpaired) electrons. The summed E-state index contributed by atoms with van der Waals surface area (Å²) in [6.45, 7) is 0. The summed E-state index contributed by atoms with van der Waals surface area (Å²) < 4.78 is 0. The Bertz CT molecular complexity index is 342. The zero-order chi connectivity index (χ0) is 13.3. The van der Waals surface area contributed by atoms with Gasteiger partial charge in [0, 0.05) is 17.6 Å². The summed E-state index contributed by atoms with van der Waals surface area (Å²) in [6, 6.07) is -0.704. The first kappa shape index (κ1) is 15.5. The smallest absolute Gasteiger partial charge is 0.321 e.